The molecule has 0 bridgehead atoms. The number of hydrogen-bond donors (Lipinski definition) is 0. The molecule has 0 aliphatic rings. The van der Waals surface area contributed by atoms with Gasteiger partial charge in [-0.1, -0.05) is 13.8 Å². The van der Waals surface area contributed by atoms with Crippen LogP contribution in [0.3, 0.4) is 0 Å². The van der Waals surface area contributed by atoms with Crippen LogP contribution in [0, 0.1) is 29.1 Å². The highest BCUT2D eigenvalue weighted by atomic mass is 19.2. The van der Waals surface area contributed by atoms with Crippen LogP contribution in [-0.2, 0) is 0 Å². The monoisotopic (exact) mass is 254 g/mol. The number of halogens is 5. The van der Waals surface area contributed by atoms with Gasteiger partial charge in [-0.05, 0) is 12.8 Å². The zero-order chi connectivity index (χ0) is 13.2. The van der Waals surface area contributed by atoms with E-state index >= 15 is 0 Å². The number of benzene rings is 1. The van der Waals surface area contributed by atoms with Gasteiger partial charge in [0.1, 0.15) is 0 Å². The lowest BCUT2D eigenvalue weighted by Gasteiger charge is -2.17. The van der Waals surface area contributed by atoms with E-state index in [0.717, 1.165) is 0 Å². The Morgan fingerprint density at radius 2 is 1.12 bits per heavy atom. The van der Waals surface area contributed by atoms with E-state index in [4.69, 9.17) is 4.74 Å². The molecule has 0 heterocycles. The van der Waals surface area contributed by atoms with Gasteiger partial charge in [-0.3, -0.25) is 0 Å². The molecule has 0 aliphatic carbocycles. The maximum atomic E-state index is 13.2. The molecule has 96 valence electrons. The van der Waals surface area contributed by atoms with Crippen LogP contribution in [0.25, 0.3) is 0 Å². The van der Waals surface area contributed by atoms with Gasteiger partial charge in [-0.2, -0.15) is 8.78 Å². The largest absolute Gasteiger partial charge is 0.484 e. The predicted octanol–water partition coefficient (Wildman–Crippen LogP) is 3.95. The first-order chi connectivity index (χ1) is 7.93. The van der Waals surface area contributed by atoms with E-state index in [2.05, 4.69) is 0 Å². The van der Waals surface area contributed by atoms with Crippen LogP contribution in [0.1, 0.15) is 26.7 Å². The Labute approximate surface area is 95.2 Å². The SMILES string of the molecule is CCC(CC)Oc1c(F)c(F)c(F)c(F)c1F. The second kappa shape index (κ2) is 5.33. The van der Waals surface area contributed by atoms with Crippen molar-refractivity contribution in [1.29, 1.82) is 0 Å². The smallest absolute Gasteiger partial charge is 0.207 e. The van der Waals surface area contributed by atoms with Gasteiger partial charge in [-0.25, -0.2) is 13.2 Å². The first-order valence-electron chi connectivity index (χ1n) is 5.12. The van der Waals surface area contributed by atoms with Crippen LogP contribution in [0.4, 0.5) is 22.0 Å². The van der Waals surface area contributed by atoms with Crippen molar-refractivity contribution < 1.29 is 26.7 Å². The fourth-order valence-corrected chi connectivity index (χ4v) is 1.31. The molecule has 0 saturated carbocycles. The van der Waals surface area contributed by atoms with Gasteiger partial charge < -0.3 is 4.74 Å². The molecular weight excluding hydrogens is 243 g/mol. The van der Waals surface area contributed by atoms with Gasteiger partial charge in [0, 0.05) is 0 Å². The van der Waals surface area contributed by atoms with Crippen molar-refractivity contribution in [3.05, 3.63) is 29.1 Å². The van der Waals surface area contributed by atoms with Crippen molar-refractivity contribution in [2.24, 2.45) is 0 Å². The predicted molar refractivity (Wildman–Crippen MR) is 51.2 cm³/mol. The Balaban J connectivity index is 3.24. The van der Waals surface area contributed by atoms with Gasteiger partial charge in [0.2, 0.25) is 29.1 Å². The Hall–Kier alpha value is -1.33. The number of hydrogen-bond acceptors (Lipinski definition) is 1. The molecule has 0 aliphatic heterocycles. The van der Waals surface area contributed by atoms with Crippen LogP contribution in [0.15, 0.2) is 0 Å². The Bertz CT molecular complexity index is 386. The second-order valence-corrected chi connectivity index (χ2v) is 3.46. The summed E-state index contributed by atoms with van der Waals surface area (Å²) in [6.07, 6.45) is 0.203. The molecule has 17 heavy (non-hydrogen) atoms. The van der Waals surface area contributed by atoms with Crippen LogP contribution < -0.4 is 4.74 Å². The minimum absolute atomic E-state index is 0.399. The number of rotatable bonds is 4. The average molecular weight is 254 g/mol. The molecule has 1 rings (SSSR count). The highest BCUT2D eigenvalue weighted by Crippen LogP contribution is 2.30. The Morgan fingerprint density at radius 1 is 0.765 bits per heavy atom. The first-order valence-corrected chi connectivity index (χ1v) is 5.12. The molecule has 0 radical (unpaired) electrons. The quantitative estimate of drug-likeness (QED) is 0.449. The third-order valence-corrected chi connectivity index (χ3v) is 2.36. The summed E-state index contributed by atoms with van der Waals surface area (Å²) in [4.78, 5) is 0. The van der Waals surface area contributed by atoms with E-state index in [1.807, 2.05) is 0 Å². The second-order valence-electron chi connectivity index (χ2n) is 3.46. The lowest BCUT2D eigenvalue weighted by Crippen LogP contribution is -2.17. The van der Waals surface area contributed by atoms with Gasteiger partial charge in [0.05, 0.1) is 6.10 Å². The maximum Gasteiger partial charge on any atom is 0.207 e. The molecule has 0 unspecified atom stereocenters. The molecule has 1 aromatic rings. The summed E-state index contributed by atoms with van der Waals surface area (Å²) in [7, 11) is 0. The summed E-state index contributed by atoms with van der Waals surface area (Å²) in [5.74, 6) is -11.3. The minimum atomic E-state index is -2.18. The molecule has 6 heteroatoms. The molecule has 0 aromatic heterocycles. The summed E-state index contributed by atoms with van der Waals surface area (Å²) in [6, 6.07) is 0. The fourth-order valence-electron chi connectivity index (χ4n) is 1.31. The third kappa shape index (κ3) is 2.50. The first kappa shape index (κ1) is 13.7. The fraction of sp³-hybridized carbons (Fsp3) is 0.455. The maximum absolute atomic E-state index is 13.2. The Kier molecular flexibility index (Phi) is 4.31. The van der Waals surface area contributed by atoms with Crippen LogP contribution in [0.2, 0.25) is 0 Å². The topological polar surface area (TPSA) is 9.23 Å². The zero-order valence-electron chi connectivity index (χ0n) is 9.29. The molecule has 0 atom stereocenters. The van der Waals surface area contributed by atoms with Crippen LogP contribution in [0.5, 0.6) is 5.75 Å². The molecule has 0 saturated heterocycles. The van der Waals surface area contributed by atoms with Gasteiger partial charge in [0.25, 0.3) is 0 Å². The molecule has 1 aromatic carbocycles. The van der Waals surface area contributed by atoms with Crippen molar-refractivity contribution in [3.63, 3.8) is 0 Å². The van der Waals surface area contributed by atoms with E-state index in [1.165, 1.54) is 0 Å². The van der Waals surface area contributed by atoms with Gasteiger partial charge in [-0.15, -0.1) is 0 Å². The van der Waals surface area contributed by atoms with Crippen molar-refractivity contribution >= 4 is 0 Å². The van der Waals surface area contributed by atoms with Crippen molar-refractivity contribution in [1.82, 2.24) is 0 Å². The molecular formula is C11H11F5O. The van der Waals surface area contributed by atoms with E-state index in [0.29, 0.717) is 12.8 Å². The van der Waals surface area contributed by atoms with E-state index in [9.17, 15) is 22.0 Å². The third-order valence-electron chi connectivity index (χ3n) is 2.36. The van der Waals surface area contributed by atoms with E-state index in [1.54, 1.807) is 13.8 Å². The lowest BCUT2D eigenvalue weighted by molar-refractivity contribution is 0.168. The summed E-state index contributed by atoms with van der Waals surface area (Å²) < 4.78 is 69.5. The van der Waals surface area contributed by atoms with Crippen LogP contribution >= 0.6 is 0 Å². The Morgan fingerprint density at radius 3 is 1.47 bits per heavy atom. The zero-order valence-corrected chi connectivity index (χ0v) is 9.29. The van der Waals surface area contributed by atoms with Gasteiger partial charge >= 0.3 is 0 Å². The van der Waals surface area contributed by atoms with Crippen molar-refractivity contribution in [2.75, 3.05) is 0 Å². The van der Waals surface area contributed by atoms with Crippen molar-refractivity contribution in [2.45, 2.75) is 32.8 Å². The summed E-state index contributed by atoms with van der Waals surface area (Å²) in [5, 5.41) is 0. The normalized spacial score (nSPS) is 11.1. The van der Waals surface area contributed by atoms with Crippen LogP contribution in [-0.4, -0.2) is 6.10 Å². The summed E-state index contributed by atoms with van der Waals surface area (Å²) >= 11 is 0. The standard InChI is InChI=1S/C11H11F5O/c1-3-5(4-2)17-11-9(15)7(13)6(12)8(14)10(11)16/h5H,3-4H2,1-2H3. The average Bonchev–Trinajstić information content (AvgIpc) is 2.34. The highest BCUT2D eigenvalue weighted by Gasteiger charge is 2.28. The summed E-state index contributed by atoms with van der Waals surface area (Å²) in [5.41, 5.74) is 0. The van der Waals surface area contributed by atoms with Gasteiger partial charge in [0.15, 0.2) is 5.75 Å². The number of ether oxygens (including phenoxy) is 1. The molecule has 1 nitrogen and oxygen atoms in total. The molecule has 0 N–H and O–H groups in total. The molecule has 0 spiro atoms. The minimum Gasteiger partial charge on any atom is -0.484 e. The lowest BCUT2D eigenvalue weighted by atomic mass is 10.2. The van der Waals surface area contributed by atoms with E-state index in [-0.39, 0.29) is 0 Å². The highest BCUT2D eigenvalue weighted by molar-refractivity contribution is 5.29. The van der Waals surface area contributed by atoms with E-state index < -0.39 is 40.9 Å². The molecule has 0 fully saturated rings. The molecule has 0 amide bonds. The van der Waals surface area contributed by atoms with Crippen molar-refractivity contribution in [3.8, 4) is 5.75 Å². The summed E-state index contributed by atoms with van der Waals surface area (Å²) in [6.45, 7) is 3.36.